The number of carbonyl (C=O) groups excluding carboxylic acids is 1. The van der Waals surface area contributed by atoms with Crippen LogP contribution in [0, 0.1) is 17.8 Å². The van der Waals surface area contributed by atoms with Crippen molar-refractivity contribution in [2.75, 3.05) is 7.11 Å². The van der Waals surface area contributed by atoms with Crippen molar-refractivity contribution >= 4 is 25.3 Å². The summed E-state index contributed by atoms with van der Waals surface area (Å²) in [7, 11) is 0.00912. The van der Waals surface area contributed by atoms with E-state index in [1.807, 2.05) is 18.2 Å². The third-order valence-electron chi connectivity index (χ3n) is 6.46. The number of rotatable bonds is 7. The number of nitrogens with one attached hydrogen (secondary N) is 1. The SMILES string of the molecule is COC(NC(=O)C1C2CCCC21)O[Si](c1ccccc1)c1ccc(C(C)(C)C)cc1. The molecule has 0 bridgehead atoms. The summed E-state index contributed by atoms with van der Waals surface area (Å²) in [5.74, 6) is 1.38. The van der Waals surface area contributed by atoms with Crippen LogP contribution in [0.4, 0.5) is 0 Å². The third-order valence-corrected chi connectivity index (χ3v) is 8.62. The minimum absolute atomic E-state index is 0.0778. The number of ether oxygens (including phenoxy) is 1. The van der Waals surface area contributed by atoms with Crippen LogP contribution >= 0.6 is 0 Å². The molecule has 2 aromatic carbocycles. The molecule has 2 aliphatic rings. The molecule has 2 saturated carbocycles. The second kappa shape index (κ2) is 8.65. The van der Waals surface area contributed by atoms with Crippen LogP contribution in [0.15, 0.2) is 54.6 Å². The van der Waals surface area contributed by atoms with E-state index in [2.05, 4.69) is 62.5 Å². The van der Waals surface area contributed by atoms with Crippen molar-refractivity contribution in [1.82, 2.24) is 5.32 Å². The molecule has 1 radical (unpaired) electrons. The smallest absolute Gasteiger partial charge is 0.288 e. The lowest BCUT2D eigenvalue weighted by atomic mass is 9.87. The highest BCUT2D eigenvalue weighted by Gasteiger charge is 2.56. The van der Waals surface area contributed by atoms with Gasteiger partial charge >= 0.3 is 0 Å². The Kier molecular flexibility index (Phi) is 6.14. The monoisotopic (exact) mass is 422 g/mol. The summed E-state index contributed by atoms with van der Waals surface area (Å²) in [6, 6.07) is 18.9. The van der Waals surface area contributed by atoms with Crippen molar-refractivity contribution in [2.45, 2.75) is 51.9 Å². The van der Waals surface area contributed by atoms with Gasteiger partial charge in [-0.2, -0.15) is 0 Å². The van der Waals surface area contributed by atoms with Gasteiger partial charge in [0, 0.05) is 13.0 Å². The van der Waals surface area contributed by atoms with Gasteiger partial charge in [-0.1, -0.05) is 81.8 Å². The summed E-state index contributed by atoms with van der Waals surface area (Å²) in [6.07, 6.45) is 2.88. The number of methoxy groups -OCH3 is 1. The molecule has 2 aliphatic carbocycles. The van der Waals surface area contributed by atoms with Crippen molar-refractivity contribution < 1.29 is 14.0 Å². The quantitative estimate of drug-likeness (QED) is 0.551. The fourth-order valence-corrected chi connectivity index (χ4v) is 6.62. The molecule has 4 rings (SSSR count). The molecule has 0 heterocycles. The molecular weight excluding hydrogens is 390 g/mol. The Balaban J connectivity index is 1.51. The van der Waals surface area contributed by atoms with Crippen LogP contribution in [-0.4, -0.2) is 28.5 Å². The van der Waals surface area contributed by atoms with E-state index in [1.165, 1.54) is 24.8 Å². The molecule has 0 aliphatic heterocycles. The van der Waals surface area contributed by atoms with Gasteiger partial charge in [-0.05, 0) is 46.0 Å². The Labute approximate surface area is 181 Å². The molecule has 2 fully saturated rings. The number of benzene rings is 2. The summed E-state index contributed by atoms with van der Waals surface area (Å²) in [4.78, 5) is 12.7. The Hall–Kier alpha value is -1.95. The standard InChI is InChI=1S/C25H32NO3Si/c1-25(2,3)17-13-15-19(16-14-17)30(18-9-6-5-7-10-18)29-24(28-4)26-23(27)22-20-11-8-12-21(20)22/h5-7,9-10,13-16,20-22,24H,8,11-12H2,1-4H3,(H,26,27). The lowest BCUT2D eigenvalue weighted by Gasteiger charge is -2.25. The molecule has 30 heavy (non-hydrogen) atoms. The van der Waals surface area contributed by atoms with Crippen LogP contribution in [0.1, 0.15) is 45.6 Å². The lowest BCUT2D eigenvalue weighted by Crippen LogP contribution is -2.52. The van der Waals surface area contributed by atoms with Crippen molar-refractivity contribution in [3.8, 4) is 0 Å². The first-order chi connectivity index (χ1) is 14.4. The number of amides is 1. The van der Waals surface area contributed by atoms with E-state index >= 15 is 0 Å². The molecule has 159 valence electrons. The van der Waals surface area contributed by atoms with Crippen LogP contribution in [0.25, 0.3) is 0 Å². The first-order valence-electron chi connectivity index (χ1n) is 10.9. The number of hydrogen-bond donors (Lipinski definition) is 1. The van der Waals surface area contributed by atoms with Gasteiger partial charge < -0.3 is 14.5 Å². The van der Waals surface area contributed by atoms with Gasteiger partial charge in [-0.15, -0.1) is 0 Å². The number of carbonyl (C=O) groups is 1. The summed E-state index contributed by atoms with van der Waals surface area (Å²) in [6.45, 7) is 6.64. The molecule has 5 heteroatoms. The fraction of sp³-hybridized carbons (Fsp3) is 0.480. The van der Waals surface area contributed by atoms with E-state index in [9.17, 15) is 4.79 Å². The van der Waals surface area contributed by atoms with Crippen molar-refractivity contribution in [1.29, 1.82) is 0 Å². The predicted molar refractivity (Wildman–Crippen MR) is 121 cm³/mol. The zero-order valence-electron chi connectivity index (χ0n) is 18.4. The van der Waals surface area contributed by atoms with Crippen molar-refractivity contribution in [2.24, 2.45) is 17.8 Å². The van der Waals surface area contributed by atoms with Gasteiger partial charge in [-0.25, -0.2) is 0 Å². The van der Waals surface area contributed by atoms with Gasteiger partial charge in [0.05, 0.1) is 0 Å². The summed E-state index contributed by atoms with van der Waals surface area (Å²) in [5.41, 5.74) is 1.39. The average molecular weight is 423 g/mol. The highest BCUT2D eigenvalue weighted by atomic mass is 28.3. The second-order valence-electron chi connectivity index (χ2n) is 9.50. The van der Waals surface area contributed by atoms with Gasteiger partial charge in [0.1, 0.15) is 0 Å². The molecule has 1 N–H and O–H groups in total. The third kappa shape index (κ3) is 4.53. The van der Waals surface area contributed by atoms with Gasteiger partial charge in [0.15, 0.2) is 0 Å². The van der Waals surface area contributed by atoms with Crippen LogP contribution in [0.2, 0.25) is 0 Å². The zero-order valence-corrected chi connectivity index (χ0v) is 19.4. The zero-order chi connectivity index (χ0) is 21.3. The van der Waals surface area contributed by atoms with E-state index in [0.29, 0.717) is 11.8 Å². The molecule has 0 spiro atoms. The maximum absolute atomic E-state index is 12.7. The molecular formula is C25H32NO3Si. The Morgan fingerprint density at radius 3 is 2.17 bits per heavy atom. The maximum atomic E-state index is 12.7. The van der Waals surface area contributed by atoms with Gasteiger partial charge in [-0.3, -0.25) is 4.79 Å². The molecule has 4 nitrogen and oxygen atoms in total. The van der Waals surface area contributed by atoms with Crippen LogP contribution in [-0.2, 0) is 19.4 Å². The molecule has 2 aromatic rings. The minimum atomic E-state index is -1.58. The molecule has 3 unspecified atom stereocenters. The van der Waals surface area contributed by atoms with E-state index in [1.54, 1.807) is 7.11 Å². The van der Waals surface area contributed by atoms with E-state index in [0.717, 1.165) is 10.4 Å². The topological polar surface area (TPSA) is 47.6 Å². The summed E-state index contributed by atoms with van der Waals surface area (Å²) < 4.78 is 12.0. The van der Waals surface area contributed by atoms with E-state index in [4.69, 9.17) is 9.16 Å². The largest absolute Gasteiger partial charge is 0.366 e. The highest BCUT2D eigenvalue weighted by molar-refractivity contribution is 6.80. The van der Waals surface area contributed by atoms with Crippen molar-refractivity contribution in [3.05, 3.63) is 60.2 Å². The lowest BCUT2D eigenvalue weighted by molar-refractivity contribution is -0.137. The van der Waals surface area contributed by atoms with Crippen LogP contribution < -0.4 is 15.7 Å². The Morgan fingerprint density at radius 1 is 1.00 bits per heavy atom. The van der Waals surface area contributed by atoms with Crippen LogP contribution in [0.5, 0.6) is 0 Å². The molecule has 3 atom stereocenters. The average Bonchev–Trinajstić information content (AvgIpc) is 3.23. The number of fused-ring (bicyclic) bond motifs is 1. The Bertz CT molecular complexity index is 852. The van der Waals surface area contributed by atoms with Crippen molar-refractivity contribution in [3.63, 3.8) is 0 Å². The first kappa shape index (κ1) is 21.3. The predicted octanol–water partition coefficient (Wildman–Crippen LogP) is 3.20. The fourth-order valence-electron chi connectivity index (χ4n) is 4.68. The normalized spacial score (nSPS) is 23.8. The van der Waals surface area contributed by atoms with Gasteiger partial charge in [0.2, 0.25) is 12.3 Å². The number of hydrogen-bond acceptors (Lipinski definition) is 3. The Morgan fingerprint density at radius 2 is 1.60 bits per heavy atom. The first-order valence-corrected chi connectivity index (χ1v) is 12.3. The maximum Gasteiger partial charge on any atom is 0.288 e. The molecule has 0 saturated heterocycles. The highest BCUT2D eigenvalue weighted by Crippen LogP contribution is 2.57. The van der Waals surface area contributed by atoms with Crippen LogP contribution in [0.3, 0.4) is 0 Å². The molecule has 0 aromatic heterocycles. The van der Waals surface area contributed by atoms with E-state index in [-0.39, 0.29) is 17.2 Å². The van der Waals surface area contributed by atoms with Gasteiger partial charge in [0.25, 0.3) is 9.04 Å². The molecule has 1 amide bonds. The minimum Gasteiger partial charge on any atom is -0.366 e. The van der Waals surface area contributed by atoms with E-state index < -0.39 is 15.5 Å². The summed E-state index contributed by atoms with van der Waals surface area (Å²) in [5, 5.41) is 5.27. The summed E-state index contributed by atoms with van der Waals surface area (Å²) >= 11 is 0. The second-order valence-corrected chi connectivity index (χ2v) is 11.5.